The fourth-order valence-corrected chi connectivity index (χ4v) is 1.60. The molecule has 1 heterocycles. The van der Waals surface area contributed by atoms with Crippen molar-refractivity contribution in [1.29, 1.82) is 0 Å². The Morgan fingerprint density at radius 2 is 2.21 bits per heavy atom. The molecule has 0 amide bonds. The first kappa shape index (κ1) is 9.24. The fraction of sp³-hybridized carbons (Fsp3) is 0.400. The second-order valence-corrected chi connectivity index (χ2v) is 3.29. The van der Waals surface area contributed by atoms with E-state index >= 15 is 0 Å². The van der Waals surface area contributed by atoms with Crippen LogP contribution in [0.4, 0.5) is 14.5 Å². The Bertz CT molecular complexity index is 352. The van der Waals surface area contributed by atoms with Crippen LogP contribution in [0.2, 0.25) is 0 Å². The molecule has 0 saturated heterocycles. The molecule has 0 aromatic heterocycles. The van der Waals surface area contributed by atoms with Crippen LogP contribution in [0.3, 0.4) is 0 Å². The highest BCUT2D eigenvalue weighted by atomic mass is 19.3. The van der Waals surface area contributed by atoms with Gasteiger partial charge in [-0.2, -0.15) is 0 Å². The first-order chi connectivity index (χ1) is 6.63. The summed E-state index contributed by atoms with van der Waals surface area (Å²) < 4.78 is 31.7. The van der Waals surface area contributed by atoms with Crippen molar-refractivity contribution in [2.45, 2.75) is 12.3 Å². The van der Waals surface area contributed by atoms with Gasteiger partial charge in [-0.1, -0.05) is 0 Å². The molecule has 14 heavy (non-hydrogen) atoms. The van der Waals surface area contributed by atoms with E-state index in [1.807, 2.05) is 0 Å². The third-order valence-corrected chi connectivity index (χ3v) is 2.38. The summed E-state index contributed by atoms with van der Waals surface area (Å²) in [5, 5.41) is 2.93. The summed E-state index contributed by atoms with van der Waals surface area (Å²) in [6.07, 6.45) is -0.146. The number of fused-ring (bicyclic) bond motifs is 1. The van der Waals surface area contributed by atoms with Gasteiger partial charge in [0.05, 0.1) is 7.11 Å². The molecule has 2 nitrogen and oxygen atoms in total. The molecule has 1 aliphatic rings. The van der Waals surface area contributed by atoms with Crippen LogP contribution in [-0.2, 0) is 5.92 Å². The third kappa shape index (κ3) is 1.41. The maximum absolute atomic E-state index is 13.4. The number of nitrogens with one attached hydrogen (secondary N) is 1. The second-order valence-electron chi connectivity index (χ2n) is 3.29. The van der Waals surface area contributed by atoms with E-state index < -0.39 is 5.92 Å². The number of hydrogen-bond acceptors (Lipinski definition) is 2. The SMILES string of the molecule is COc1ccc2c(c1)NCCC2(F)F. The molecule has 2 rings (SSSR count). The van der Waals surface area contributed by atoms with E-state index in [0.717, 1.165) is 0 Å². The number of ether oxygens (including phenoxy) is 1. The van der Waals surface area contributed by atoms with Crippen molar-refractivity contribution in [1.82, 2.24) is 0 Å². The molecule has 0 spiro atoms. The first-order valence-electron chi connectivity index (χ1n) is 4.44. The van der Waals surface area contributed by atoms with E-state index in [0.29, 0.717) is 18.0 Å². The molecule has 1 N–H and O–H groups in total. The molecule has 0 bridgehead atoms. The number of alkyl halides is 2. The Morgan fingerprint density at radius 1 is 1.43 bits per heavy atom. The molecule has 1 aromatic rings. The largest absolute Gasteiger partial charge is 0.497 e. The zero-order valence-corrected chi connectivity index (χ0v) is 7.81. The summed E-state index contributed by atoms with van der Waals surface area (Å²) in [6, 6.07) is 4.57. The molecular weight excluding hydrogens is 188 g/mol. The van der Waals surface area contributed by atoms with Gasteiger partial charge in [0.1, 0.15) is 5.75 Å². The molecule has 0 fully saturated rings. The predicted molar refractivity (Wildman–Crippen MR) is 50.0 cm³/mol. The average Bonchev–Trinajstić information content (AvgIpc) is 2.16. The van der Waals surface area contributed by atoms with Crippen LogP contribution in [0.15, 0.2) is 18.2 Å². The zero-order valence-electron chi connectivity index (χ0n) is 7.81. The van der Waals surface area contributed by atoms with Crippen LogP contribution in [-0.4, -0.2) is 13.7 Å². The van der Waals surface area contributed by atoms with Crippen LogP contribution in [0.5, 0.6) is 5.75 Å². The minimum absolute atomic E-state index is 0.0598. The Kier molecular flexibility index (Phi) is 2.06. The monoisotopic (exact) mass is 199 g/mol. The fourth-order valence-electron chi connectivity index (χ4n) is 1.60. The Balaban J connectivity index is 2.46. The molecule has 0 aliphatic carbocycles. The number of benzene rings is 1. The van der Waals surface area contributed by atoms with E-state index in [9.17, 15) is 8.78 Å². The van der Waals surface area contributed by atoms with Gasteiger partial charge in [-0.25, -0.2) is 8.78 Å². The zero-order chi connectivity index (χ0) is 10.2. The van der Waals surface area contributed by atoms with Crippen LogP contribution >= 0.6 is 0 Å². The van der Waals surface area contributed by atoms with Crippen molar-refractivity contribution < 1.29 is 13.5 Å². The van der Waals surface area contributed by atoms with Crippen LogP contribution < -0.4 is 10.1 Å². The van der Waals surface area contributed by atoms with Gasteiger partial charge in [-0.05, 0) is 12.1 Å². The van der Waals surface area contributed by atoms with Crippen molar-refractivity contribution in [2.75, 3.05) is 19.0 Å². The molecule has 0 unspecified atom stereocenters. The molecule has 1 aliphatic heterocycles. The van der Waals surface area contributed by atoms with Crippen molar-refractivity contribution >= 4 is 5.69 Å². The number of anilines is 1. The molecular formula is C10H11F2NO. The summed E-state index contributed by atoms with van der Waals surface area (Å²) in [4.78, 5) is 0. The van der Waals surface area contributed by atoms with Gasteiger partial charge in [0, 0.05) is 30.3 Å². The summed E-state index contributed by atoms with van der Waals surface area (Å²) in [6.45, 7) is 0.299. The van der Waals surface area contributed by atoms with Gasteiger partial charge in [0.2, 0.25) is 0 Å². The first-order valence-corrected chi connectivity index (χ1v) is 4.44. The molecule has 0 saturated carbocycles. The van der Waals surface area contributed by atoms with Crippen LogP contribution in [0.25, 0.3) is 0 Å². The third-order valence-electron chi connectivity index (χ3n) is 2.38. The molecule has 0 radical (unpaired) electrons. The molecule has 4 heteroatoms. The van der Waals surface area contributed by atoms with Gasteiger partial charge < -0.3 is 10.1 Å². The van der Waals surface area contributed by atoms with E-state index in [1.165, 1.54) is 13.2 Å². The van der Waals surface area contributed by atoms with E-state index in [1.54, 1.807) is 12.1 Å². The Labute approximate surface area is 80.9 Å². The minimum atomic E-state index is -2.72. The van der Waals surface area contributed by atoms with E-state index in [4.69, 9.17) is 4.74 Å². The molecule has 0 atom stereocenters. The van der Waals surface area contributed by atoms with Crippen molar-refractivity contribution in [3.05, 3.63) is 23.8 Å². The van der Waals surface area contributed by atoms with Gasteiger partial charge >= 0.3 is 0 Å². The Hall–Kier alpha value is -1.32. The lowest BCUT2D eigenvalue weighted by molar-refractivity contribution is -0.0122. The quantitative estimate of drug-likeness (QED) is 0.750. The lowest BCUT2D eigenvalue weighted by Crippen LogP contribution is -2.25. The van der Waals surface area contributed by atoms with E-state index in [2.05, 4.69) is 5.32 Å². The van der Waals surface area contributed by atoms with Gasteiger partial charge in [-0.3, -0.25) is 0 Å². The van der Waals surface area contributed by atoms with E-state index in [-0.39, 0.29) is 12.0 Å². The Morgan fingerprint density at radius 3 is 2.93 bits per heavy atom. The number of rotatable bonds is 1. The lowest BCUT2D eigenvalue weighted by atomic mass is 9.99. The smallest absolute Gasteiger partial charge is 0.276 e. The maximum Gasteiger partial charge on any atom is 0.276 e. The van der Waals surface area contributed by atoms with Crippen molar-refractivity contribution in [3.8, 4) is 5.75 Å². The lowest BCUT2D eigenvalue weighted by Gasteiger charge is -2.26. The molecule has 1 aromatic carbocycles. The second kappa shape index (κ2) is 3.12. The molecule has 76 valence electrons. The number of methoxy groups -OCH3 is 1. The summed E-state index contributed by atoms with van der Waals surface area (Å²) in [5.41, 5.74) is 0.533. The van der Waals surface area contributed by atoms with Crippen LogP contribution in [0, 0.1) is 0 Å². The van der Waals surface area contributed by atoms with Crippen LogP contribution in [0.1, 0.15) is 12.0 Å². The summed E-state index contributed by atoms with van der Waals surface area (Å²) in [5.74, 6) is -2.12. The highest BCUT2D eigenvalue weighted by Gasteiger charge is 2.36. The van der Waals surface area contributed by atoms with Gasteiger partial charge in [0.15, 0.2) is 0 Å². The van der Waals surface area contributed by atoms with Crippen molar-refractivity contribution in [3.63, 3.8) is 0 Å². The van der Waals surface area contributed by atoms with Gasteiger partial charge in [0.25, 0.3) is 5.92 Å². The normalized spacial score (nSPS) is 18.2. The summed E-state index contributed by atoms with van der Waals surface area (Å²) in [7, 11) is 1.52. The topological polar surface area (TPSA) is 21.3 Å². The maximum atomic E-state index is 13.4. The summed E-state index contributed by atoms with van der Waals surface area (Å²) >= 11 is 0. The predicted octanol–water partition coefficient (Wildman–Crippen LogP) is 2.60. The minimum Gasteiger partial charge on any atom is -0.497 e. The highest BCUT2D eigenvalue weighted by molar-refractivity contribution is 5.58. The standard InChI is InChI=1S/C10H11F2NO/c1-14-7-2-3-8-9(6-7)13-5-4-10(8,11)12/h2-3,6,13H,4-5H2,1H3. The highest BCUT2D eigenvalue weighted by Crippen LogP contribution is 2.40. The number of hydrogen-bond donors (Lipinski definition) is 1. The van der Waals surface area contributed by atoms with Crippen molar-refractivity contribution in [2.24, 2.45) is 0 Å². The number of halogens is 2. The average molecular weight is 199 g/mol. The van der Waals surface area contributed by atoms with Gasteiger partial charge in [-0.15, -0.1) is 0 Å².